The summed E-state index contributed by atoms with van der Waals surface area (Å²) < 4.78 is 35.2. The SMILES string of the molecule is O=C(N=C1S[C@@H]2CS(=O)(=O)C[C@H]2N1c1ccc2c(c1)OCO2)C1CCCCC1. The minimum Gasteiger partial charge on any atom is -0.454 e. The van der Waals surface area contributed by atoms with Gasteiger partial charge in [-0.3, -0.25) is 4.79 Å². The summed E-state index contributed by atoms with van der Waals surface area (Å²) in [5, 5.41) is 0.507. The third-order valence-electron chi connectivity index (χ3n) is 5.86. The molecule has 28 heavy (non-hydrogen) atoms. The van der Waals surface area contributed by atoms with Crippen molar-refractivity contribution in [3.8, 4) is 11.5 Å². The lowest BCUT2D eigenvalue weighted by Gasteiger charge is -2.25. The molecule has 0 N–H and O–H groups in total. The van der Waals surface area contributed by atoms with Crippen molar-refractivity contribution in [3.05, 3.63) is 18.2 Å². The summed E-state index contributed by atoms with van der Waals surface area (Å²) in [4.78, 5) is 19.2. The van der Waals surface area contributed by atoms with Crippen LogP contribution in [0.1, 0.15) is 32.1 Å². The minimum atomic E-state index is -3.09. The van der Waals surface area contributed by atoms with Gasteiger partial charge in [0.15, 0.2) is 26.5 Å². The summed E-state index contributed by atoms with van der Waals surface area (Å²) in [7, 11) is -3.09. The van der Waals surface area contributed by atoms with Gasteiger partial charge in [-0.15, -0.1) is 0 Å². The Bertz CT molecular complexity index is 940. The fourth-order valence-electron chi connectivity index (χ4n) is 4.44. The Labute approximate surface area is 168 Å². The number of hydrogen-bond donors (Lipinski definition) is 0. The van der Waals surface area contributed by atoms with Crippen LogP contribution >= 0.6 is 11.8 Å². The Morgan fingerprint density at radius 2 is 1.89 bits per heavy atom. The van der Waals surface area contributed by atoms with Gasteiger partial charge in [0.2, 0.25) is 6.79 Å². The zero-order valence-corrected chi connectivity index (χ0v) is 17.0. The van der Waals surface area contributed by atoms with E-state index in [1.54, 1.807) is 0 Å². The molecule has 3 heterocycles. The fourth-order valence-corrected chi connectivity index (χ4v) is 8.36. The zero-order valence-electron chi connectivity index (χ0n) is 15.4. The third-order valence-corrected chi connectivity index (χ3v) is 9.07. The van der Waals surface area contributed by atoms with E-state index in [9.17, 15) is 13.2 Å². The summed E-state index contributed by atoms with van der Waals surface area (Å²) in [6.07, 6.45) is 5.12. The van der Waals surface area contributed by atoms with Crippen LogP contribution in [0.3, 0.4) is 0 Å². The van der Waals surface area contributed by atoms with E-state index in [1.807, 2.05) is 23.1 Å². The Morgan fingerprint density at radius 1 is 1.11 bits per heavy atom. The monoisotopic (exact) mass is 422 g/mol. The van der Waals surface area contributed by atoms with Crippen LogP contribution in [-0.4, -0.2) is 49.1 Å². The van der Waals surface area contributed by atoms with Gasteiger partial charge in [-0.1, -0.05) is 31.0 Å². The molecule has 0 aromatic heterocycles. The average Bonchev–Trinajstić information content (AvgIpc) is 3.33. The van der Waals surface area contributed by atoms with Crippen LogP contribution in [0, 0.1) is 5.92 Å². The highest BCUT2D eigenvalue weighted by molar-refractivity contribution is 8.16. The first-order valence-corrected chi connectivity index (χ1v) is 12.4. The molecule has 3 fully saturated rings. The van der Waals surface area contributed by atoms with E-state index >= 15 is 0 Å². The number of benzene rings is 1. The molecule has 0 radical (unpaired) electrons. The van der Waals surface area contributed by atoms with Gasteiger partial charge in [0.05, 0.1) is 17.5 Å². The first-order chi connectivity index (χ1) is 13.5. The Kier molecular flexibility index (Phi) is 4.54. The van der Waals surface area contributed by atoms with Crippen LogP contribution in [0.5, 0.6) is 11.5 Å². The van der Waals surface area contributed by atoms with Crippen molar-refractivity contribution in [3.63, 3.8) is 0 Å². The molecular weight excluding hydrogens is 400 g/mol. The van der Waals surface area contributed by atoms with E-state index < -0.39 is 9.84 Å². The normalized spacial score (nSPS) is 30.0. The molecule has 9 heteroatoms. The zero-order chi connectivity index (χ0) is 19.3. The molecule has 0 spiro atoms. The van der Waals surface area contributed by atoms with Gasteiger partial charge in [-0.05, 0) is 25.0 Å². The smallest absolute Gasteiger partial charge is 0.251 e. The maximum Gasteiger partial charge on any atom is 0.251 e. The van der Waals surface area contributed by atoms with Crippen LogP contribution in [0.25, 0.3) is 0 Å². The summed E-state index contributed by atoms with van der Waals surface area (Å²) in [5.74, 6) is 1.42. The van der Waals surface area contributed by atoms with Crippen molar-refractivity contribution in [2.45, 2.75) is 43.4 Å². The van der Waals surface area contributed by atoms with Crippen molar-refractivity contribution in [1.29, 1.82) is 0 Å². The highest BCUT2D eigenvalue weighted by Gasteiger charge is 2.49. The molecule has 150 valence electrons. The molecule has 1 aliphatic carbocycles. The Hall–Kier alpha value is -1.74. The van der Waals surface area contributed by atoms with Crippen molar-refractivity contribution in [2.75, 3.05) is 23.2 Å². The number of ether oxygens (including phenoxy) is 2. The van der Waals surface area contributed by atoms with E-state index in [-0.39, 0.29) is 41.4 Å². The summed E-state index contributed by atoms with van der Waals surface area (Å²) in [6, 6.07) is 5.33. The molecule has 1 aromatic rings. The van der Waals surface area contributed by atoms with Crippen LogP contribution in [-0.2, 0) is 14.6 Å². The molecule has 5 rings (SSSR count). The average molecular weight is 423 g/mol. The molecule has 0 unspecified atom stereocenters. The molecule has 3 aliphatic heterocycles. The number of amidine groups is 1. The molecule has 2 atom stereocenters. The number of fused-ring (bicyclic) bond motifs is 2. The number of hydrogen-bond acceptors (Lipinski definition) is 6. The maximum absolute atomic E-state index is 12.8. The number of anilines is 1. The first-order valence-electron chi connectivity index (χ1n) is 9.69. The van der Waals surface area contributed by atoms with Gasteiger partial charge in [-0.25, -0.2) is 8.42 Å². The minimum absolute atomic E-state index is 0.00960. The summed E-state index contributed by atoms with van der Waals surface area (Å²) in [6.45, 7) is 0.176. The van der Waals surface area contributed by atoms with Crippen molar-refractivity contribution < 1.29 is 22.7 Å². The fraction of sp³-hybridized carbons (Fsp3) is 0.579. The first kappa shape index (κ1) is 18.3. The largest absolute Gasteiger partial charge is 0.454 e. The van der Waals surface area contributed by atoms with Crippen LogP contribution < -0.4 is 14.4 Å². The molecule has 1 aromatic carbocycles. The van der Waals surface area contributed by atoms with E-state index in [4.69, 9.17) is 9.47 Å². The van der Waals surface area contributed by atoms with Gasteiger partial charge < -0.3 is 14.4 Å². The standard InChI is InChI=1S/C19H22N2O5S2/c22-18(12-4-2-1-3-5-12)20-19-21(14-9-28(23,24)10-17(14)27-19)13-6-7-15-16(8-13)26-11-25-15/h6-8,12,14,17H,1-5,9-11H2/t14-,17-/m1/s1. The quantitative estimate of drug-likeness (QED) is 0.724. The van der Waals surface area contributed by atoms with Gasteiger partial charge in [0.1, 0.15) is 0 Å². The lowest BCUT2D eigenvalue weighted by Crippen LogP contribution is -2.38. The van der Waals surface area contributed by atoms with Crippen molar-refractivity contribution in [1.82, 2.24) is 0 Å². The van der Waals surface area contributed by atoms with Gasteiger partial charge in [-0.2, -0.15) is 4.99 Å². The number of carbonyl (C=O) groups is 1. The van der Waals surface area contributed by atoms with Crippen molar-refractivity contribution in [2.24, 2.45) is 10.9 Å². The Balaban J connectivity index is 1.49. The second-order valence-corrected chi connectivity index (χ2v) is 11.1. The molecular formula is C19H22N2O5S2. The summed E-state index contributed by atoms with van der Waals surface area (Å²) in [5.41, 5.74) is 0.788. The topological polar surface area (TPSA) is 85.3 Å². The second kappa shape index (κ2) is 6.95. The number of aliphatic imine (C=N–C) groups is 1. The van der Waals surface area contributed by atoms with E-state index in [2.05, 4.69) is 4.99 Å². The van der Waals surface area contributed by atoms with Crippen LogP contribution in [0.4, 0.5) is 5.69 Å². The molecule has 0 bridgehead atoms. The molecule has 4 aliphatic rings. The number of thioether (sulfide) groups is 1. The van der Waals surface area contributed by atoms with E-state index in [1.165, 1.54) is 18.2 Å². The van der Waals surface area contributed by atoms with Crippen LogP contribution in [0.2, 0.25) is 0 Å². The van der Waals surface area contributed by atoms with Crippen molar-refractivity contribution >= 4 is 38.4 Å². The highest BCUT2D eigenvalue weighted by Crippen LogP contribution is 2.44. The van der Waals surface area contributed by atoms with Gasteiger partial charge in [0, 0.05) is 22.9 Å². The van der Waals surface area contributed by atoms with Gasteiger partial charge in [0.25, 0.3) is 5.91 Å². The lowest BCUT2D eigenvalue weighted by molar-refractivity contribution is -0.122. The van der Waals surface area contributed by atoms with E-state index in [0.717, 1.165) is 31.4 Å². The third kappa shape index (κ3) is 3.28. The highest BCUT2D eigenvalue weighted by atomic mass is 32.2. The van der Waals surface area contributed by atoms with Crippen LogP contribution in [0.15, 0.2) is 23.2 Å². The summed E-state index contributed by atoms with van der Waals surface area (Å²) >= 11 is 1.42. The second-order valence-electron chi connectivity index (χ2n) is 7.78. The number of amides is 1. The van der Waals surface area contributed by atoms with E-state index in [0.29, 0.717) is 16.7 Å². The molecule has 1 amide bonds. The number of carbonyl (C=O) groups excluding carboxylic acids is 1. The number of nitrogens with zero attached hydrogens (tertiary/aromatic N) is 2. The molecule has 1 saturated carbocycles. The predicted molar refractivity (Wildman–Crippen MR) is 108 cm³/mol. The maximum atomic E-state index is 12.8. The lowest BCUT2D eigenvalue weighted by atomic mass is 9.89. The molecule has 2 saturated heterocycles. The Morgan fingerprint density at radius 3 is 2.71 bits per heavy atom. The molecule has 7 nitrogen and oxygen atoms in total. The number of sulfone groups is 1. The number of rotatable bonds is 2. The predicted octanol–water partition coefficient (Wildman–Crippen LogP) is 2.60. The van der Waals surface area contributed by atoms with Gasteiger partial charge >= 0.3 is 0 Å².